The molecule has 2 nitrogen and oxygen atoms in total. The molecule has 13 heavy (non-hydrogen) atoms. The van der Waals surface area contributed by atoms with Crippen molar-refractivity contribution < 1.29 is 9.90 Å². The van der Waals surface area contributed by atoms with E-state index in [1.54, 1.807) is 0 Å². The van der Waals surface area contributed by atoms with Crippen molar-refractivity contribution in [1.82, 2.24) is 0 Å². The predicted molar refractivity (Wildman–Crippen MR) is 52.6 cm³/mol. The molecule has 2 heteroatoms. The highest BCUT2D eigenvalue weighted by molar-refractivity contribution is 5.69. The van der Waals surface area contributed by atoms with E-state index in [9.17, 15) is 4.79 Å². The van der Waals surface area contributed by atoms with E-state index in [0.29, 0.717) is 5.41 Å². The molecule has 0 aromatic carbocycles. The third kappa shape index (κ3) is 3.02. The molecule has 0 heterocycles. The molecule has 0 aliphatic heterocycles. The molecule has 0 aromatic heterocycles. The molecule has 76 valence electrons. The lowest BCUT2D eigenvalue weighted by Crippen LogP contribution is -2.25. The second-order valence-electron chi connectivity index (χ2n) is 4.81. The summed E-state index contributed by atoms with van der Waals surface area (Å²) in [4.78, 5) is 10.7. The maximum absolute atomic E-state index is 10.7. The van der Waals surface area contributed by atoms with Crippen molar-refractivity contribution >= 4 is 5.97 Å². The third-order valence-corrected chi connectivity index (χ3v) is 3.28. The van der Waals surface area contributed by atoms with Crippen molar-refractivity contribution in [2.45, 2.75) is 52.4 Å². The van der Waals surface area contributed by atoms with Gasteiger partial charge in [0, 0.05) is 0 Å². The Bertz CT molecular complexity index is 181. The first-order valence-electron chi connectivity index (χ1n) is 5.26. The minimum absolute atomic E-state index is 0.178. The van der Waals surface area contributed by atoms with Gasteiger partial charge in [0.25, 0.3) is 0 Å². The van der Waals surface area contributed by atoms with E-state index in [4.69, 9.17) is 5.11 Å². The summed E-state index contributed by atoms with van der Waals surface area (Å²) in [5.41, 5.74) is 0.302. The summed E-state index contributed by atoms with van der Waals surface area (Å²) in [6, 6.07) is 0. The zero-order valence-corrected chi connectivity index (χ0v) is 8.68. The zero-order chi connectivity index (χ0) is 9.90. The molecule has 1 unspecified atom stereocenters. The van der Waals surface area contributed by atoms with E-state index in [0.717, 1.165) is 6.42 Å². The Morgan fingerprint density at radius 1 is 1.38 bits per heavy atom. The second kappa shape index (κ2) is 4.12. The Hall–Kier alpha value is -0.530. The summed E-state index contributed by atoms with van der Waals surface area (Å²) < 4.78 is 0. The minimum atomic E-state index is -0.646. The molecule has 0 bridgehead atoms. The first kappa shape index (κ1) is 10.6. The van der Waals surface area contributed by atoms with Crippen LogP contribution in [0, 0.1) is 11.3 Å². The first-order valence-corrected chi connectivity index (χ1v) is 5.26. The number of carbonyl (C=O) groups is 1. The molecule has 0 saturated heterocycles. The quantitative estimate of drug-likeness (QED) is 0.732. The van der Waals surface area contributed by atoms with Gasteiger partial charge in [-0.05, 0) is 24.7 Å². The van der Waals surface area contributed by atoms with Crippen LogP contribution in [-0.4, -0.2) is 11.1 Å². The Morgan fingerprint density at radius 2 is 1.92 bits per heavy atom. The fourth-order valence-electron chi connectivity index (χ4n) is 2.44. The van der Waals surface area contributed by atoms with Crippen LogP contribution >= 0.6 is 0 Å². The minimum Gasteiger partial charge on any atom is -0.481 e. The number of carboxylic acid groups (broad SMARTS) is 1. The molecule has 1 N–H and O–H groups in total. The zero-order valence-electron chi connectivity index (χ0n) is 8.68. The van der Waals surface area contributed by atoms with Crippen molar-refractivity contribution in [1.29, 1.82) is 0 Å². The molecule has 1 aliphatic carbocycles. The molecular formula is C11H20O2. The third-order valence-electron chi connectivity index (χ3n) is 3.28. The van der Waals surface area contributed by atoms with Gasteiger partial charge in [0.05, 0.1) is 5.92 Å². The molecule has 0 aromatic rings. The Morgan fingerprint density at radius 3 is 2.38 bits per heavy atom. The van der Waals surface area contributed by atoms with Crippen LogP contribution in [0.4, 0.5) is 0 Å². The van der Waals surface area contributed by atoms with Crippen LogP contribution in [0.5, 0.6) is 0 Å². The molecule has 1 saturated carbocycles. The SMILES string of the molecule is CC(CC1(C)CCCCC1)C(=O)O. The fourth-order valence-corrected chi connectivity index (χ4v) is 2.44. The van der Waals surface area contributed by atoms with Crippen LogP contribution < -0.4 is 0 Å². The van der Waals surface area contributed by atoms with Crippen molar-refractivity contribution in [3.05, 3.63) is 0 Å². The molecule has 0 spiro atoms. The average Bonchev–Trinajstić information content (AvgIpc) is 2.04. The van der Waals surface area contributed by atoms with Crippen LogP contribution in [0.2, 0.25) is 0 Å². The Labute approximate surface area is 80.3 Å². The maximum Gasteiger partial charge on any atom is 0.306 e. The average molecular weight is 184 g/mol. The summed E-state index contributed by atoms with van der Waals surface area (Å²) in [6.07, 6.45) is 7.17. The number of carboxylic acids is 1. The highest BCUT2D eigenvalue weighted by Crippen LogP contribution is 2.40. The monoisotopic (exact) mass is 184 g/mol. The van der Waals surface area contributed by atoms with Gasteiger partial charge in [-0.2, -0.15) is 0 Å². The Kier molecular flexibility index (Phi) is 3.34. The molecule has 1 fully saturated rings. The van der Waals surface area contributed by atoms with Gasteiger partial charge in [-0.3, -0.25) is 4.79 Å². The van der Waals surface area contributed by atoms with Gasteiger partial charge in [0.2, 0.25) is 0 Å². The van der Waals surface area contributed by atoms with E-state index in [1.807, 2.05) is 6.92 Å². The number of hydrogen-bond donors (Lipinski definition) is 1. The van der Waals surface area contributed by atoms with E-state index in [2.05, 4.69) is 6.92 Å². The van der Waals surface area contributed by atoms with Gasteiger partial charge in [-0.25, -0.2) is 0 Å². The summed E-state index contributed by atoms with van der Waals surface area (Å²) in [6.45, 7) is 4.06. The van der Waals surface area contributed by atoms with Crippen LogP contribution in [0.3, 0.4) is 0 Å². The molecule has 0 radical (unpaired) electrons. The molecule has 1 atom stereocenters. The van der Waals surface area contributed by atoms with E-state index >= 15 is 0 Å². The Balaban J connectivity index is 2.45. The lowest BCUT2D eigenvalue weighted by atomic mass is 9.71. The van der Waals surface area contributed by atoms with Crippen molar-refractivity contribution in [2.24, 2.45) is 11.3 Å². The van der Waals surface area contributed by atoms with Crippen LogP contribution in [-0.2, 0) is 4.79 Å². The topological polar surface area (TPSA) is 37.3 Å². The van der Waals surface area contributed by atoms with Gasteiger partial charge < -0.3 is 5.11 Å². The highest BCUT2D eigenvalue weighted by Gasteiger charge is 2.30. The van der Waals surface area contributed by atoms with Crippen molar-refractivity contribution in [3.8, 4) is 0 Å². The van der Waals surface area contributed by atoms with Crippen molar-refractivity contribution in [2.75, 3.05) is 0 Å². The molecular weight excluding hydrogens is 164 g/mol. The summed E-state index contributed by atoms with van der Waals surface area (Å²) in [7, 11) is 0. The van der Waals surface area contributed by atoms with E-state index in [-0.39, 0.29) is 5.92 Å². The summed E-state index contributed by atoms with van der Waals surface area (Å²) in [5, 5.41) is 8.83. The first-order chi connectivity index (χ1) is 6.03. The fraction of sp³-hybridized carbons (Fsp3) is 0.909. The van der Waals surface area contributed by atoms with Crippen LogP contribution in [0.1, 0.15) is 52.4 Å². The number of hydrogen-bond acceptors (Lipinski definition) is 1. The number of rotatable bonds is 3. The number of aliphatic carboxylic acids is 1. The predicted octanol–water partition coefficient (Wildman–Crippen LogP) is 3.07. The summed E-state index contributed by atoms with van der Waals surface area (Å²) >= 11 is 0. The molecule has 1 aliphatic rings. The van der Waals surface area contributed by atoms with E-state index in [1.165, 1.54) is 32.1 Å². The van der Waals surface area contributed by atoms with Gasteiger partial charge in [0.1, 0.15) is 0 Å². The highest BCUT2D eigenvalue weighted by atomic mass is 16.4. The molecule has 0 amide bonds. The second-order valence-corrected chi connectivity index (χ2v) is 4.81. The lowest BCUT2D eigenvalue weighted by Gasteiger charge is -2.34. The van der Waals surface area contributed by atoms with Gasteiger partial charge in [-0.15, -0.1) is 0 Å². The largest absolute Gasteiger partial charge is 0.481 e. The smallest absolute Gasteiger partial charge is 0.306 e. The van der Waals surface area contributed by atoms with Gasteiger partial charge in [0.15, 0.2) is 0 Å². The van der Waals surface area contributed by atoms with E-state index < -0.39 is 5.97 Å². The standard InChI is InChI=1S/C11H20O2/c1-9(10(12)13)8-11(2)6-4-3-5-7-11/h9H,3-8H2,1-2H3,(H,12,13). The van der Waals surface area contributed by atoms with Gasteiger partial charge >= 0.3 is 5.97 Å². The van der Waals surface area contributed by atoms with Crippen molar-refractivity contribution in [3.63, 3.8) is 0 Å². The van der Waals surface area contributed by atoms with Gasteiger partial charge in [-0.1, -0.05) is 33.1 Å². The normalized spacial score (nSPS) is 23.8. The van der Waals surface area contributed by atoms with Crippen LogP contribution in [0.15, 0.2) is 0 Å². The maximum atomic E-state index is 10.7. The van der Waals surface area contributed by atoms with Crippen LogP contribution in [0.25, 0.3) is 0 Å². The summed E-state index contributed by atoms with van der Waals surface area (Å²) in [5.74, 6) is -0.824. The lowest BCUT2D eigenvalue weighted by molar-refractivity contribution is -0.142. The molecule has 1 rings (SSSR count).